The van der Waals surface area contributed by atoms with Gasteiger partial charge < -0.3 is 9.88 Å². The molecule has 25 heavy (non-hydrogen) atoms. The van der Waals surface area contributed by atoms with E-state index in [4.69, 9.17) is 0 Å². The quantitative estimate of drug-likeness (QED) is 0.583. The van der Waals surface area contributed by atoms with Gasteiger partial charge in [0, 0.05) is 42.5 Å². The number of hydrogen-bond donors (Lipinski definition) is 1. The number of nitro benzene ring substituents is 1. The van der Waals surface area contributed by atoms with Crippen molar-refractivity contribution < 1.29 is 4.92 Å². The highest BCUT2D eigenvalue weighted by molar-refractivity contribution is 5.93. The molecule has 0 aliphatic carbocycles. The Labute approximate surface area is 144 Å². The Bertz CT molecular complexity index is 1010. The van der Waals surface area contributed by atoms with Crippen LogP contribution in [0.4, 0.5) is 11.4 Å². The molecule has 0 radical (unpaired) electrons. The number of aryl methyl sites for hydroxylation is 1. The molecule has 0 saturated carbocycles. The molecule has 1 aromatic carbocycles. The van der Waals surface area contributed by atoms with E-state index in [1.165, 1.54) is 22.8 Å². The average Bonchev–Trinajstić information content (AvgIpc) is 2.59. The zero-order chi connectivity index (χ0) is 18.2. The summed E-state index contributed by atoms with van der Waals surface area (Å²) in [6, 6.07) is 11.5. The number of fused-ring (bicyclic) bond motifs is 1. The molecule has 0 aliphatic heterocycles. The first-order valence-corrected chi connectivity index (χ1v) is 7.77. The predicted octanol–water partition coefficient (Wildman–Crippen LogP) is 3.19. The van der Waals surface area contributed by atoms with Gasteiger partial charge in [0.05, 0.1) is 21.7 Å². The molecular formula is C18H18N4O3. The largest absolute Gasteiger partial charge is 0.374 e. The lowest BCUT2D eigenvalue weighted by molar-refractivity contribution is -0.384. The summed E-state index contributed by atoms with van der Waals surface area (Å²) in [4.78, 5) is 27.3. The summed E-state index contributed by atoms with van der Waals surface area (Å²) >= 11 is 0. The van der Waals surface area contributed by atoms with Crippen LogP contribution in [-0.4, -0.2) is 14.5 Å². The third-order valence-corrected chi connectivity index (χ3v) is 4.19. The van der Waals surface area contributed by atoms with Crippen molar-refractivity contribution in [3.63, 3.8) is 0 Å². The third-order valence-electron chi connectivity index (χ3n) is 4.19. The first-order chi connectivity index (χ1) is 11.8. The summed E-state index contributed by atoms with van der Waals surface area (Å²) < 4.78 is 1.47. The van der Waals surface area contributed by atoms with E-state index in [0.717, 1.165) is 5.69 Å². The number of hydrogen-bond acceptors (Lipinski definition) is 5. The van der Waals surface area contributed by atoms with E-state index in [1.54, 1.807) is 19.3 Å². The molecule has 0 fully saturated rings. The molecule has 7 heteroatoms. The van der Waals surface area contributed by atoms with Gasteiger partial charge in [0.15, 0.2) is 0 Å². The molecule has 3 rings (SSSR count). The Hall–Kier alpha value is -3.22. The number of nitro groups is 1. The van der Waals surface area contributed by atoms with Crippen LogP contribution >= 0.6 is 0 Å². The van der Waals surface area contributed by atoms with E-state index in [0.29, 0.717) is 16.6 Å². The van der Waals surface area contributed by atoms with Crippen molar-refractivity contribution in [2.75, 3.05) is 5.32 Å². The summed E-state index contributed by atoms with van der Waals surface area (Å²) in [5.41, 5.74) is 1.18. The van der Waals surface area contributed by atoms with Gasteiger partial charge in [-0.05, 0) is 32.0 Å². The fourth-order valence-corrected chi connectivity index (χ4v) is 2.80. The summed E-state index contributed by atoms with van der Waals surface area (Å²) in [7, 11) is 1.64. The Kier molecular flexibility index (Phi) is 4.00. The maximum Gasteiger partial charge on any atom is 0.270 e. The second kappa shape index (κ2) is 6.01. The molecular weight excluding hydrogens is 320 g/mol. The van der Waals surface area contributed by atoms with E-state index >= 15 is 0 Å². The number of pyridine rings is 2. The summed E-state index contributed by atoms with van der Waals surface area (Å²) in [6.45, 7) is 3.88. The van der Waals surface area contributed by atoms with E-state index in [-0.39, 0.29) is 11.2 Å². The van der Waals surface area contributed by atoms with Crippen LogP contribution in [0.2, 0.25) is 0 Å². The van der Waals surface area contributed by atoms with Gasteiger partial charge in [0.25, 0.3) is 11.2 Å². The third kappa shape index (κ3) is 3.08. The Morgan fingerprint density at radius 1 is 1.20 bits per heavy atom. The fraction of sp³-hybridized carbons (Fsp3) is 0.222. The smallest absolute Gasteiger partial charge is 0.270 e. The van der Waals surface area contributed by atoms with Crippen molar-refractivity contribution in [2.24, 2.45) is 7.05 Å². The van der Waals surface area contributed by atoms with Gasteiger partial charge in [-0.2, -0.15) is 0 Å². The molecule has 0 amide bonds. The highest BCUT2D eigenvalue weighted by atomic mass is 16.6. The van der Waals surface area contributed by atoms with Crippen LogP contribution in [0, 0.1) is 10.1 Å². The van der Waals surface area contributed by atoms with Gasteiger partial charge in [-0.3, -0.25) is 19.9 Å². The van der Waals surface area contributed by atoms with Crippen LogP contribution in [0.15, 0.2) is 53.5 Å². The van der Waals surface area contributed by atoms with Crippen LogP contribution in [0.1, 0.15) is 19.5 Å². The molecule has 7 nitrogen and oxygen atoms in total. The van der Waals surface area contributed by atoms with Gasteiger partial charge in [0.1, 0.15) is 0 Å². The maximum absolute atomic E-state index is 12.3. The predicted molar refractivity (Wildman–Crippen MR) is 96.7 cm³/mol. The average molecular weight is 338 g/mol. The van der Waals surface area contributed by atoms with Crippen molar-refractivity contribution in [3.8, 4) is 0 Å². The zero-order valence-electron chi connectivity index (χ0n) is 14.2. The number of nitrogens with zero attached hydrogens (tertiary/aromatic N) is 3. The number of anilines is 1. The number of non-ortho nitro benzene ring substituents is 1. The van der Waals surface area contributed by atoms with E-state index < -0.39 is 10.5 Å². The van der Waals surface area contributed by atoms with Crippen LogP contribution in [0.5, 0.6) is 0 Å². The SMILES string of the molecule is Cn1c(=O)cc(NC(C)(C)c2ccccn2)c2cc([N+](=O)[O-])ccc21. The molecule has 0 atom stereocenters. The molecule has 0 bridgehead atoms. The summed E-state index contributed by atoms with van der Waals surface area (Å²) in [5.74, 6) is 0. The second-order valence-electron chi connectivity index (χ2n) is 6.38. The Morgan fingerprint density at radius 3 is 2.60 bits per heavy atom. The van der Waals surface area contributed by atoms with Crippen LogP contribution in [0.3, 0.4) is 0 Å². The Morgan fingerprint density at radius 2 is 1.96 bits per heavy atom. The number of benzene rings is 1. The molecule has 2 aromatic heterocycles. The molecule has 0 aliphatic rings. The minimum atomic E-state index is -0.564. The lowest BCUT2D eigenvalue weighted by Crippen LogP contribution is -2.30. The van der Waals surface area contributed by atoms with Gasteiger partial charge in [-0.1, -0.05) is 6.07 Å². The van der Waals surface area contributed by atoms with Crippen molar-refractivity contribution in [3.05, 3.63) is 74.8 Å². The molecule has 3 aromatic rings. The molecule has 1 N–H and O–H groups in total. The van der Waals surface area contributed by atoms with Crippen molar-refractivity contribution in [2.45, 2.75) is 19.4 Å². The van der Waals surface area contributed by atoms with Crippen LogP contribution in [0.25, 0.3) is 10.9 Å². The van der Waals surface area contributed by atoms with Crippen molar-refractivity contribution >= 4 is 22.3 Å². The normalized spacial score (nSPS) is 11.5. The zero-order valence-corrected chi connectivity index (χ0v) is 14.2. The van der Waals surface area contributed by atoms with E-state index in [2.05, 4.69) is 10.3 Å². The monoisotopic (exact) mass is 338 g/mol. The van der Waals surface area contributed by atoms with Crippen molar-refractivity contribution in [1.29, 1.82) is 0 Å². The maximum atomic E-state index is 12.3. The molecule has 0 unspecified atom stereocenters. The van der Waals surface area contributed by atoms with Crippen molar-refractivity contribution in [1.82, 2.24) is 9.55 Å². The number of rotatable bonds is 4. The van der Waals surface area contributed by atoms with E-state index in [9.17, 15) is 14.9 Å². The van der Waals surface area contributed by atoms with Gasteiger partial charge in [0.2, 0.25) is 0 Å². The lowest BCUT2D eigenvalue weighted by atomic mass is 9.98. The second-order valence-corrected chi connectivity index (χ2v) is 6.38. The van der Waals surface area contributed by atoms with Gasteiger partial charge in [-0.15, -0.1) is 0 Å². The first-order valence-electron chi connectivity index (χ1n) is 7.77. The molecule has 128 valence electrons. The van der Waals surface area contributed by atoms with Crippen LogP contribution in [-0.2, 0) is 12.6 Å². The topological polar surface area (TPSA) is 90.1 Å². The molecule has 2 heterocycles. The van der Waals surface area contributed by atoms with Gasteiger partial charge in [-0.25, -0.2) is 0 Å². The standard InChI is InChI=1S/C18H18N4O3/c1-18(2,16-6-4-5-9-19-16)20-14-11-17(23)21(3)15-8-7-12(22(24)25)10-13(14)15/h4-11,20H,1-3H3. The summed E-state index contributed by atoms with van der Waals surface area (Å²) in [6.07, 6.45) is 1.70. The highest BCUT2D eigenvalue weighted by Gasteiger charge is 2.23. The molecule has 0 spiro atoms. The first kappa shape index (κ1) is 16.6. The minimum Gasteiger partial charge on any atom is -0.374 e. The fourth-order valence-electron chi connectivity index (χ4n) is 2.80. The summed E-state index contributed by atoms with van der Waals surface area (Å²) in [5, 5.41) is 15.0. The number of aromatic nitrogens is 2. The lowest BCUT2D eigenvalue weighted by Gasteiger charge is -2.28. The minimum absolute atomic E-state index is 0.0233. The van der Waals surface area contributed by atoms with E-state index in [1.807, 2.05) is 32.0 Å². The Balaban J connectivity index is 2.18. The molecule has 0 saturated heterocycles. The van der Waals surface area contributed by atoms with Gasteiger partial charge >= 0.3 is 0 Å². The van der Waals surface area contributed by atoms with Crippen LogP contribution < -0.4 is 10.9 Å². The highest BCUT2D eigenvalue weighted by Crippen LogP contribution is 2.30. The number of nitrogens with one attached hydrogen (secondary N) is 1.